The van der Waals surface area contributed by atoms with Gasteiger partial charge in [0.15, 0.2) is 0 Å². The number of ether oxygens (including phenoxy) is 1. The van der Waals surface area contributed by atoms with Gasteiger partial charge in [-0.15, -0.1) is 0 Å². The summed E-state index contributed by atoms with van der Waals surface area (Å²) >= 11 is 0. The summed E-state index contributed by atoms with van der Waals surface area (Å²) in [7, 11) is 0. The molecule has 1 saturated carbocycles. The van der Waals surface area contributed by atoms with Gasteiger partial charge in [0.05, 0.1) is 5.60 Å². The lowest BCUT2D eigenvalue weighted by Gasteiger charge is -2.35. The Morgan fingerprint density at radius 3 is 2.47 bits per heavy atom. The fourth-order valence-electron chi connectivity index (χ4n) is 2.94. The van der Waals surface area contributed by atoms with E-state index in [-0.39, 0.29) is 0 Å². The number of hydrogen-bond donors (Lipinski definition) is 2. The third kappa shape index (κ3) is 4.23. The summed E-state index contributed by atoms with van der Waals surface area (Å²) in [6, 6.07) is 0. The molecule has 0 spiro atoms. The first kappa shape index (κ1) is 13.3. The third-order valence-electron chi connectivity index (χ3n) is 4.43. The van der Waals surface area contributed by atoms with Crippen molar-refractivity contribution in [1.82, 2.24) is 5.32 Å². The zero-order chi connectivity index (χ0) is 12.1. The summed E-state index contributed by atoms with van der Waals surface area (Å²) in [4.78, 5) is 0. The van der Waals surface area contributed by atoms with Gasteiger partial charge in [0.25, 0.3) is 0 Å². The highest BCUT2D eigenvalue weighted by Crippen LogP contribution is 2.31. The van der Waals surface area contributed by atoms with Crippen LogP contribution in [0.1, 0.15) is 45.4 Å². The molecule has 0 unspecified atom stereocenters. The lowest BCUT2D eigenvalue weighted by Crippen LogP contribution is -2.44. The molecule has 2 N–H and O–H groups in total. The Labute approximate surface area is 105 Å². The molecule has 2 fully saturated rings. The minimum Gasteiger partial charge on any atom is -0.389 e. The zero-order valence-electron chi connectivity index (χ0n) is 11.1. The molecule has 1 aliphatic carbocycles. The SMILES string of the molecule is CC1CCC(O)(CNCC2CCOCC2)CC1. The molecule has 2 rings (SSSR count). The van der Waals surface area contributed by atoms with E-state index in [9.17, 15) is 5.11 Å². The summed E-state index contributed by atoms with van der Waals surface area (Å²) in [5, 5.41) is 13.9. The first-order valence-corrected chi connectivity index (χ1v) is 7.19. The number of nitrogens with one attached hydrogen (secondary N) is 1. The molecular weight excluding hydrogens is 214 g/mol. The van der Waals surface area contributed by atoms with E-state index >= 15 is 0 Å². The first-order valence-electron chi connectivity index (χ1n) is 7.19. The van der Waals surface area contributed by atoms with Crippen LogP contribution in [0.4, 0.5) is 0 Å². The molecule has 1 aliphatic heterocycles. The predicted octanol–water partition coefficient (Wildman–Crippen LogP) is 1.94. The number of hydrogen-bond acceptors (Lipinski definition) is 3. The smallest absolute Gasteiger partial charge is 0.0771 e. The molecule has 0 bridgehead atoms. The van der Waals surface area contributed by atoms with Gasteiger partial charge in [0.2, 0.25) is 0 Å². The van der Waals surface area contributed by atoms with Gasteiger partial charge in [-0.25, -0.2) is 0 Å². The Morgan fingerprint density at radius 1 is 1.18 bits per heavy atom. The predicted molar refractivity (Wildman–Crippen MR) is 69.0 cm³/mol. The van der Waals surface area contributed by atoms with E-state index < -0.39 is 5.60 Å². The average molecular weight is 241 g/mol. The molecule has 1 heterocycles. The molecule has 0 aromatic heterocycles. The van der Waals surface area contributed by atoms with Crippen LogP contribution in [0.15, 0.2) is 0 Å². The Kier molecular flexibility index (Phi) is 4.83. The highest BCUT2D eigenvalue weighted by Gasteiger charge is 2.31. The van der Waals surface area contributed by atoms with E-state index in [2.05, 4.69) is 12.2 Å². The van der Waals surface area contributed by atoms with Gasteiger partial charge in [-0.3, -0.25) is 0 Å². The molecule has 1 saturated heterocycles. The monoisotopic (exact) mass is 241 g/mol. The molecule has 2 aliphatic rings. The minimum atomic E-state index is -0.433. The van der Waals surface area contributed by atoms with Crippen LogP contribution in [0, 0.1) is 11.8 Å². The standard InChI is InChI=1S/C14H27NO2/c1-12-2-6-14(16,7-3-12)11-15-10-13-4-8-17-9-5-13/h12-13,15-16H,2-11H2,1H3. The summed E-state index contributed by atoms with van der Waals surface area (Å²) in [5.41, 5.74) is -0.433. The molecule has 3 nitrogen and oxygen atoms in total. The van der Waals surface area contributed by atoms with E-state index in [0.29, 0.717) is 0 Å². The van der Waals surface area contributed by atoms with Crippen molar-refractivity contribution >= 4 is 0 Å². The van der Waals surface area contributed by atoms with Crippen LogP contribution in [-0.4, -0.2) is 37.0 Å². The van der Waals surface area contributed by atoms with E-state index in [1.54, 1.807) is 0 Å². The Balaban J connectivity index is 1.63. The maximum atomic E-state index is 10.4. The molecule has 0 aromatic carbocycles. The van der Waals surface area contributed by atoms with Gasteiger partial charge in [-0.05, 0) is 56.9 Å². The van der Waals surface area contributed by atoms with Crippen LogP contribution >= 0.6 is 0 Å². The van der Waals surface area contributed by atoms with Crippen LogP contribution in [0.5, 0.6) is 0 Å². The molecule has 0 amide bonds. The second-order valence-electron chi connectivity index (χ2n) is 6.09. The van der Waals surface area contributed by atoms with Gasteiger partial charge < -0.3 is 15.2 Å². The maximum absolute atomic E-state index is 10.4. The molecular formula is C14H27NO2. The van der Waals surface area contributed by atoms with Crippen molar-refractivity contribution in [3.05, 3.63) is 0 Å². The summed E-state index contributed by atoms with van der Waals surface area (Å²) in [6.45, 7) is 5.93. The molecule has 0 radical (unpaired) electrons. The number of aliphatic hydroxyl groups is 1. The van der Waals surface area contributed by atoms with Gasteiger partial charge in [0, 0.05) is 19.8 Å². The maximum Gasteiger partial charge on any atom is 0.0771 e. The summed E-state index contributed by atoms with van der Waals surface area (Å²) < 4.78 is 5.35. The van der Waals surface area contributed by atoms with Crippen LogP contribution < -0.4 is 5.32 Å². The second-order valence-corrected chi connectivity index (χ2v) is 6.09. The summed E-state index contributed by atoms with van der Waals surface area (Å²) in [5.74, 6) is 1.54. The van der Waals surface area contributed by atoms with Crippen molar-refractivity contribution < 1.29 is 9.84 Å². The zero-order valence-corrected chi connectivity index (χ0v) is 11.1. The Morgan fingerprint density at radius 2 is 1.82 bits per heavy atom. The Hall–Kier alpha value is -0.120. The van der Waals surface area contributed by atoms with E-state index in [0.717, 1.165) is 51.0 Å². The Bertz CT molecular complexity index is 218. The largest absolute Gasteiger partial charge is 0.389 e. The fourth-order valence-corrected chi connectivity index (χ4v) is 2.94. The molecule has 3 heteroatoms. The lowest BCUT2D eigenvalue weighted by molar-refractivity contribution is -0.00811. The van der Waals surface area contributed by atoms with Gasteiger partial charge in [-0.1, -0.05) is 6.92 Å². The van der Waals surface area contributed by atoms with Crippen molar-refractivity contribution in [3.8, 4) is 0 Å². The quantitative estimate of drug-likeness (QED) is 0.790. The third-order valence-corrected chi connectivity index (χ3v) is 4.43. The van der Waals surface area contributed by atoms with Crippen molar-refractivity contribution in [1.29, 1.82) is 0 Å². The van der Waals surface area contributed by atoms with Gasteiger partial charge in [0.1, 0.15) is 0 Å². The van der Waals surface area contributed by atoms with Crippen LogP contribution in [-0.2, 0) is 4.74 Å². The first-order chi connectivity index (χ1) is 8.18. The molecule has 0 atom stereocenters. The minimum absolute atomic E-state index is 0.433. The van der Waals surface area contributed by atoms with E-state index in [1.165, 1.54) is 25.7 Å². The summed E-state index contributed by atoms with van der Waals surface area (Å²) in [6.07, 6.45) is 6.62. The van der Waals surface area contributed by atoms with E-state index in [4.69, 9.17) is 4.74 Å². The van der Waals surface area contributed by atoms with Crippen molar-refractivity contribution in [2.75, 3.05) is 26.3 Å². The average Bonchev–Trinajstić information content (AvgIpc) is 2.35. The van der Waals surface area contributed by atoms with E-state index in [1.807, 2.05) is 0 Å². The highest BCUT2D eigenvalue weighted by molar-refractivity contribution is 4.86. The topological polar surface area (TPSA) is 41.5 Å². The highest BCUT2D eigenvalue weighted by atomic mass is 16.5. The lowest BCUT2D eigenvalue weighted by atomic mass is 9.79. The molecule has 0 aromatic rings. The van der Waals surface area contributed by atoms with Gasteiger partial charge >= 0.3 is 0 Å². The molecule has 100 valence electrons. The molecule has 17 heavy (non-hydrogen) atoms. The normalized spacial score (nSPS) is 36.0. The van der Waals surface area contributed by atoms with Crippen molar-refractivity contribution in [2.45, 2.75) is 51.0 Å². The fraction of sp³-hybridized carbons (Fsp3) is 1.00. The van der Waals surface area contributed by atoms with Crippen LogP contribution in [0.25, 0.3) is 0 Å². The van der Waals surface area contributed by atoms with Gasteiger partial charge in [-0.2, -0.15) is 0 Å². The van der Waals surface area contributed by atoms with Crippen LogP contribution in [0.3, 0.4) is 0 Å². The number of rotatable bonds is 4. The van der Waals surface area contributed by atoms with Crippen LogP contribution in [0.2, 0.25) is 0 Å². The van der Waals surface area contributed by atoms with Crippen molar-refractivity contribution in [3.63, 3.8) is 0 Å². The van der Waals surface area contributed by atoms with Crippen molar-refractivity contribution in [2.24, 2.45) is 11.8 Å². The second kappa shape index (κ2) is 6.17.